The van der Waals surface area contributed by atoms with Gasteiger partial charge in [0.1, 0.15) is 5.75 Å². The molecule has 1 aromatic carbocycles. The fourth-order valence-corrected chi connectivity index (χ4v) is 2.29. The van der Waals surface area contributed by atoms with Gasteiger partial charge in [-0.05, 0) is 12.1 Å². The van der Waals surface area contributed by atoms with Gasteiger partial charge in [-0.3, -0.25) is 0 Å². The summed E-state index contributed by atoms with van der Waals surface area (Å²) in [5.41, 5.74) is -1.45. The van der Waals surface area contributed by atoms with Crippen molar-refractivity contribution in [3.8, 4) is 11.5 Å². The fourth-order valence-electron chi connectivity index (χ4n) is 1.78. The molecule has 0 aliphatic carbocycles. The number of hydrogen-bond donors (Lipinski definition) is 0. The average molecular weight is 361 g/mol. The normalized spacial score (nSPS) is 12.1. The molecule has 0 N–H and O–H groups in total. The highest BCUT2D eigenvalue weighted by atomic mass is 32.2. The number of sulfone groups is 1. The Morgan fingerprint density at radius 2 is 1.67 bits per heavy atom. The molecule has 0 bridgehead atoms. The van der Waals surface area contributed by atoms with Crippen molar-refractivity contribution in [2.45, 2.75) is 11.3 Å². The summed E-state index contributed by atoms with van der Waals surface area (Å²) in [5, 5.41) is -0.918. The summed E-state index contributed by atoms with van der Waals surface area (Å²) >= 11 is 0. The summed E-state index contributed by atoms with van der Waals surface area (Å²) in [4.78, 5) is 8.12. The molecule has 24 heavy (non-hydrogen) atoms. The van der Waals surface area contributed by atoms with Gasteiger partial charge in [0.25, 0.3) is 0 Å². The Kier molecular flexibility index (Phi) is 4.70. The molecular weight excluding hydrogens is 347 g/mol. The summed E-state index contributed by atoms with van der Waals surface area (Å²) in [6, 6.07) is 7.77. The van der Waals surface area contributed by atoms with Gasteiger partial charge in [-0.2, -0.15) is 18.2 Å². The molecule has 0 saturated carbocycles. The van der Waals surface area contributed by atoms with Crippen molar-refractivity contribution in [2.24, 2.45) is 0 Å². The molecule has 0 amide bonds. The van der Waals surface area contributed by atoms with Crippen molar-refractivity contribution in [2.75, 3.05) is 25.3 Å². The summed E-state index contributed by atoms with van der Waals surface area (Å²) in [7, 11) is -1.19. The highest BCUT2D eigenvalue weighted by Gasteiger charge is 2.40. The number of hydrogen-bond acceptors (Lipinski definition) is 6. The number of para-hydroxylation sites is 1. The molecular formula is C14H14F3N3O3S. The molecule has 2 aromatic rings. The monoisotopic (exact) mass is 361 g/mol. The topological polar surface area (TPSA) is 72.4 Å². The van der Waals surface area contributed by atoms with Crippen molar-refractivity contribution in [3.05, 3.63) is 36.0 Å². The van der Waals surface area contributed by atoms with Crippen molar-refractivity contribution in [1.82, 2.24) is 9.97 Å². The van der Waals surface area contributed by atoms with Gasteiger partial charge in [-0.25, -0.2) is 13.4 Å². The third-order valence-electron chi connectivity index (χ3n) is 2.81. The maximum atomic E-state index is 13.4. The number of halogens is 3. The van der Waals surface area contributed by atoms with Crippen LogP contribution in [0, 0.1) is 0 Å². The van der Waals surface area contributed by atoms with E-state index in [4.69, 9.17) is 4.74 Å². The van der Waals surface area contributed by atoms with Crippen LogP contribution in [0.1, 0.15) is 5.69 Å². The molecule has 1 aromatic heterocycles. The van der Waals surface area contributed by atoms with Crippen LogP contribution in [0.5, 0.6) is 11.5 Å². The molecule has 0 aliphatic heterocycles. The molecule has 0 atom stereocenters. The predicted molar refractivity (Wildman–Crippen MR) is 81.0 cm³/mol. The zero-order chi connectivity index (χ0) is 18.1. The molecule has 0 spiro atoms. The van der Waals surface area contributed by atoms with E-state index < -0.39 is 32.6 Å². The standard InChI is InChI=1S/C14H14F3N3O3S/c1-20(2)12-10(23-9-7-5-4-6-8-9)11(14(15,16)17)18-13(19-12)24(3,21)22/h4-8H,1-3H3. The largest absolute Gasteiger partial charge is 0.451 e. The molecule has 1 heterocycles. The smallest absolute Gasteiger partial charge is 0.437 e. The molecule has 0 saturated heterocycles. The van der Waals surface area contributed by atoms with Crippen molar-refractivity contribution < 1.29 is 26.3 Å². The lowest BCUT2D eigenvalue weighted by atomic mass is 10.3. The minimum Gasteiger partial charge on any atom is -0.451 e. The molecule has 2 rings (SSSR count). The third-order valence-corrected chi connectivity index (χ3v) is 3.66. The van der Waals surface area contributed by atoms with Gasteiger partial charge < -0.3 is 9.64 Å². The average Bonchev–Trinajstić information content (AvgIpc) is 2.45. The molecule has 0 radical (unpaired) electrons. The van der Waals surface area contributed by atoms with Gasteiger partial charge in [0.05, 0.1) is 0 Å². The summed E-state index contributed by atoms with van der Waals surface area (Å²) in [5.74, 6) is -0.811. The van der Waals surface area contributed by atoms with Gasteiger partial charge in [-0.15, -0.1) is 0 Å². The predicted octanol–water partition coefficient (Wildman–Crippen LogP) is 2.76. The lowest BCUT2D eigenvalue weighted by Crippen LogP contribution is -2.20. The number of rotatable bonds is 4. The Bertz CT molecular complexity index is 838. The van der Waals surface area contributed by atoms with E-state index in [0.717, 1.165) is 6.26 Å². The second kappa shape index (κ2) is 6.27. The lowest BCUT2D eigenvalue weighted by Gasteiger charge is -2.20. The highest BCUT2D eigenvalue weighted by Crippen LogP contribution is 2.41. The number of ether oxygens (including phenoxy) is 1. The van der Waals surface area contributed by atoms with Crippen LogP contribution in [-0.2, 0) is 16.0 Å². The Labute approximate surface area is 136 Å². The molecule has 6 nitrogen and oxygen atoms in total. The first-order valence-electron chi connectivity index (χ1n) is 6.59. The zero-order valence-corrected chi connectivity index (χ0v) is 13.8. The minimum atomic E-state index is -4.92. The number of aromatic nitrogens is 2. The second-order valence-electron chi connectivity index (χ2n) is 5.09. The number of benzene rings is 1. The summed E-state index contributed by atoms with van der Waals surface area (Å²) in [6.07, 6.45) is -4.18. The third kappa shape index (κ3) is 3.94. The van der Waals surface area contributed by atoms with Crippen LogP contribution in [0.15, 0.2) is 35.5 Å². The van der Waals surface area contributed by atoms with Crippen LogP contribution in [0.2, 0.25) is 0 Å². The maximum absolute atomic E-state index is 13.4. The van der Waals surface area contributed by atoms with Gasteiger partial charge in [0, 0.05) is 20.4 Å². The Morgan fingerprint density at radius 1 is 1.08 bits per heavy atom. The van der Waals surface area contributed by atoms with Crippen LogP contribution in [0.4, 0.5) is 19.0 Å². The summed E-state index contributed by atoms with van der Waals surface area (Å²) in [6.45, 7) is 0. The SMILES string of the molecule is CN(C)c1nc(S(C)(=O)=O)nc(C(F)(F)F)c1Oc1ccccc1. The Hall–Kier alpha value is -2.36. The molecule has 0 unspecified atom stereocenters. The van der Waals surface area contributed by atoms with Crippen molar-refractivity contribution in [3.63, 3.8) is 0 Å². The highest BCUT2D eigenvalue weighted by molar-refractivity contribution is 7.90. The van der Waals surface area contributed by atoms with Gasteiger partial charge in [0.2, 0.25) is 20.7 Å². The fraction of sp³-hybridized carbons (Fsp3) is 0.286. The van der Waals surface area contributed by atoms with Crippen LogP contribution in [0.25, 0.3) is 0 Å². The molecule has 10 heteroatoms. The van der Waals surface area contributed by atoms with Crippen LogP contribution < -0.4 is 9.64 Å². The quantitative estimate of drug-likeness (QED) is 0.780. The second-order valence-corrected chi connectivity index (χ2v) is 7.00. The number of nitrogens with zero attached hydrogens (tertiary/aromatic N) is 3. The van der Waals surface area contributed by atoms with E-state index in [1.165, 1.54) is 31.1 Å². The van der Waals surface area contributed by atoms with Crippen molar-refractivity contribution in [1.29, 1.82) is 0 Å². The van der Waals surface area contributed by atoms with E-state index in [-0.39, 0.29) is 11.6 Å². The van der Waals surface area contributed by atoms with E-state index in [1.54, 1.807) is 18.2 Å². The number of alkyl halides is 3. The van der Waals surface area contributed by atoms with Crippen LogP contribution >= 0.6 is 0 Å². The number of anilines is 1. The zero-order valence-electron chi connectivity index (χ0n) is 13.0. The molecule has 130 valence electrons. The first-order valence-corrected chi connectivity index (χ1v) is 8.49. The molecule has 0 aliphatic rings. The van der Waals surface area contributed by atoms with Crippen molar-refractivity contribution >= 4 is 15.7 Å². The van der Waals surface area contributed by atoms with E-state index in [1.807, 2.05) is 0 Å². The van der Waals surface area contributed by atoms with Crippen LogP contribution in [0.3, 0.4) is 0 Å². The minimum absolute atomic E-state index is 0.141. The van der Waals surface area contributed by atoms with E-state index in [2.05, 4.69) is 9.97 Å². The first kappa shape index (κ1) is 18.0. The lowest BCUT2D eigenvalue weighted by molar-refractivity contribution is -0.142. The Morgan fingerprint density at radius 3 is 2.12 bits per heavy atom. The maximum Gasteiger partial charge on any atom is 0.437 e. The summed E-state index contributed by atoms with van der Waals surface area (Å²) < 4.78 is 68.7. The van der Waals surface area contributed by atoms with E-state index >= 15 is 0 Å². The Balaban J connectivity index is 2.75. The van der Waals surface area contributed by atoms with E-state index in [0.29, 0.717) is 0 Å². The van der Waals surface area contributed by atoms with Gasteiger partial charge >= 0.3 is 6.18 Å². The van der Waals surface area contributed by atoms with Crippen LogP contribution in [-0.4, -0.2) is 38.7 Å². The van der Waals surface area contributed by atoms with E-state index in [9.17, 15) is 21.6 Å². The molecule has 0 fully saturated rings. The first-order chi connectivity index (χ1) is 11.0. The van der Waals surface area contributed by atoms with Gasteiger partial charge in [0.15, 0.2) is 11.5 Å². The van der Waals surface area contributed by atoms with Gasteiger partial charge in [-0.1, -0.05) is 18.2 Å².